The Morgan fingerprint density at radius 3 is 2.19 bits per heavy atom. The molecule has 0 amide bonds. The molecule has 4 rings (SSSR count). The van der Waals surface area contributed by atoms with Crippen molar-refractivity contribution in [2.45, 2.75) is 98.1 Å². The van der Waals surface area contributed by atoms with Crippen LogP contribution in [0.3, 0.4) is 0 Å². The van der Waals surface area contributed by atoms with Crippen molar-refractivity contribution < 1.29 is 0 Å². The van der Waals surface area contributed by atoms with E-state index in [1.54, 1.807) is 0 Å². The summed E-state index contributed by atoms with van der Waals surface area (Å²) in [6, 6.07) is 1.24. The standard InChI is InChI=1S/C21H32N4S2/c1-13(2)21-23-17-10-25(12-19(17)27-21)15(5)7-6-8-20-22-16-9-24(14(3)4)11-18(16)26-20/h13-15H,6-12H2,1-5H3. The summed E-state index contributed by atoms with van der Waals surface area (Å²) < 4.78 is 0. The van der Waals surface area contributed by atoms with Gasteiger partial charge in [-0.05, 0) is 40.0 Å². The summed E-state index contributed by atoms with van der Waals surface area (Å²) >= 11 is 3.87. The Bertz CT molecular complexity index is 745. The second kappa shape index (κ2) is 7.90. The summed E-state index contributed by atoms with van der Waals surface area (Å²) in [4.78, 5) is 17.9. The van der Waals surface area contributed by atoms with Crippen molar-refractivity contribution in [1.29, 1.82) is 0 Å². The Hall–Kier alpha value is -0.820. The van der Waals surface area contributed by atoms with Crippen molar-refractivity contribution in [3.8, 4) is 0 Å². The van der Waals surface area contributed by atoms with Crippen molar-refractivity contribution in [1.82, 2.24) is 19.8 Å². The molecular weight excluding hydrogens is 372 g/mol. The van der Waals surface area contributed by atoms with Crippen LogP contribution in [0.4, 0.5) is 0 Å². The monoisotopic (exact) mass is 404 g/mol. The highest BCUT2D eigenvalue weighted by molar-refractivity contribution is 7.12. The number of hydrogen-bond acceptors (Lipinski definition) is 6. The number of fused-ring (bicyclic) bond motifs is 2. The molecule has 0 fully saturated rings. The van der Waals surface area contributed by atoms with E-state index in [1.807, 2.05) is 22.7 Å². The molecule has 1 unspecified atom stereocenters. The maximum atomic E-state index is 4.92. The first-order valence-corrected chi connectivity index (χ1v) is 12.0. The molecule has 27 heavy (non-hydrogen) atoms. The smallest absolute Gasteiger partial charge is 0.0957 e. The van der Waals surface area contributed by atoms with E-state index in [-0.39, 0.29) is 0 Å². The van der Waals surface area contributed by atoms with Crippen LogP contribution in [0.15, 0.2) is 0 Å². The van der Waals surface area contributed by atoms with Crippen LogP contribution in [-0.2, 0) is 32.6 Å². The van der Waals surface area contributed by atoms with Crippen molar-refractivity contribution in [2.24, 2.45) is 0 Å². The van der Waals surface area contributed by atoms with Gasteiger partial charge in [0.1, 0.15) is 0 Å². The van der Waals surface area contributed by atoms with Crippen molar-refractivity contribution >= 4 is 22.7 Å². The largest absolute Gasteiger partial charge is 0.290 e. The lowest BCUT2D eigenvalue weighted by atomic mass is 10.1. The van der Waals surface area contributed by atoms with Crippen LogP contribution in [0.2, 0.25) is 0 Å². The molecule has 4 nitrogen and oxygen atoms in total. The highest BCUT2D eigenvalue weighted by Gasteiger charge is 2.28. The number of nitrogens with zero attached hydrogens (tertiary/aromatic N) is 4. The zero-order valence-electron chi connectivity index (χ0n) is 17.3. The van der Waals surface area contributed by atoms with Crippen molar-refractivity contribution in [3.05, 3.63) is 31.2 Å². The summed E-state index contributed by atoms with van der Waals surface area (Å²) in [6.07, 6.45) is 3.61. The Labute approximate surface area is 171 Å². The van der Waals surface area contributed by atoms with E-state index < -0.39 is 0 Å². The molecule has 0 radical (unpaired) electrons. The van der Waals surface area contributed by atoms with Crippen LogP contribution in [-0.4, -0.2) is 31.9 Å². The quantitative estimate of drug-likeness (QED) is 0.637. The van der Waals surface area contributed by atoms with Crippen LogP contribution in [0.1, 0.15) is 84.5 Å². The molecule has 1 atom stereocenters. The van der Waals surface area contributed by atoms with Gasteiger partial charge in [0, 0.05) is 53.9 Å². The maximum Gasteiger partial charge on any atom is 0.0957 e. The highest BCUT2D eigenvalue weighted by atomic mass is 32.1. The SMILES string of the molecule is CC(C)c1nc2c(s1)CN(C(C)CCCc1nc3c(s1)CN(C(C)C)C3)C2. The minimum absolute atomic E-state index is 0.555. The lowest BCUT2D eigenvalue weighted by molar-refractivity contribution is 0.199. The number of rotatable bonds is 7. The molecular formula is C21H32N4S2. The molecule has 2 aromatic rings. The number of thiazole rings is 2. The zero-order chi connectivity index (χ0) is 19.1. The average molecular weight is 405 g/mol. The van der Waals surface area contributed by atoms with Crippen LogP contribution >= 0.6 is 22.7 Å². The Kier molecular flexibility index (Phi) is 5.70. The molecule has 0 saturated heterocycles. The van der Waals surface area contributed by atoms with Gasteiger partial charge in [0.05, 0.1) is 21.4 Å². The Balaban J connectivity index is 1.23. The predicted molar refractivity (Wildman–Crippen MR) is 114 cm³/mol. The van der Waals surface area contributed by atoms with E-state index in [0.29, 0.717) is 18.0 Å². The van der Waals surface area contributed by atoms with Crippen molar-refractivity contribution in [2.75, 3.05) is 0 Å². The first kappa shape index (κ1) is 19.5. The van der Waals surface area contributed by atoms with Crippen LogP contribution in [0.25, 0.3) is 0 Å². The van der Waals surface area contributed by atoms with E-state index in [0.717, 1.165) is 32.6 Å². The lowest BCUT2D eigenvalue weighted by Gasteiger charge is -2.23. The Morgan fingerprint density at radius 2 is 1.52 bits per heavy atom. The molecule has 0 N–H and O–H groups in total. The zero-order valence-corrected chi connectivity index (χ0v) is 18.9. The topological polar surface area (TPSA) is 32.3 Å². The van der Waals surface area contributed by atoms with Gasteiger partial charge in [0.15, 0.2) is 0 Å². The third kappa shape index (κ3) is 4.14. The summed E-state index contributed by atoms with van der Waals surface area (Å²) in [6.45, 7) is 15.7. The van der Waals surface area contributed by atoms with Gasteiger partial charge in [-0.2, -0.15) is 0 Å². The second-order valence-corrected chi connectivity index (χ2v) is 11.0. The molecule has 2 aliphatic rings. The van der Waals surface area contributed by atoms with E-state index in [2.05, 4.69) is 44.4 Å². The molecule has 148 valence electrons. The normalized spacial score (nSPS) is 18.6. The molecule has 0 aromatic carbocycles. The fraction of sp³-hybridized carbons (Fsp3) is 0.714. The number of aromatic nitrogens is 2. The minimum Gasteiger partial charge on any atom is -0.290 e. The van der Waals surface area contributed by atoms with Gasteiger partial charge >= 0.3 is 0 Å². The lowest BCUT2D eigenvalue weighted by Crippen LogP contribution is -2.28. The predicted octanol–water partition coefficient (Wildman–Crippen LogP) is 5.17. The molecule has 0 aliphatic carbocycles. The van der Waals surface area contributed by atoms with Crippen LogP contribution in [0.5, 0.6) is 0 Å². The summed E-state index contributed by atoms with van der Waals surface area (Å²) in [5.41, 5.74) is 2.68. The van der Waals surface area contributed by atoms with Gasteiger partial charge in [-0.3, -0.25) is 9.80 Å². The first-order valence-electron chi connectivity index (χ1n) is 10.3. The van der Waals surface area contributed by atoms with Gasteiger partial charge in [-0.1, -0.05) is 13.8 Å². The molecule has 0 spiro atoms. The van der Waals surface area contributed by atoms with Gasteiger partial charge in [-0.15, -0.1) is 22.7 Å². The molecule has 0 bridgehead atoms. The first-order chi connectivity index (χ1) is 12.9. The third-order valence-electron chi connectivity index (χ3n) is 5.88. The molecule has 6 heteroatoms. The van der Waals surface area contributed by atoms with E-state index in [4.69, 9.17) is 9.97 Å². The fourth-order valence-corrected chi connectivity index (χ4v) is 6.21. The Morgan fingerprint density at radius 1 is 0.852 bits per heavy atom. The molecule has 2 aliphatic heterocycles. The third-order valence-corrected chi connectivity index (χ3v) is 8.40. The van der Waals surface area contributed by atoms with E-state index in [1.165, 1.54) is 44.0 Å². The number of hydrogen-bond donors (Lipinski definition) is 0. The fourth-order valence-electron chi connectivity index (χ4n) is 3.96. The number of aryl methyl sites for hydroxylation is 1. The molecule has 2 aromatic heterocycles. The van der Waals surface area contributed by atoms with E-state index in [9.17, 15) is 0 Å². The molecule has 0 saturated carbocycles. The molecule has 4 heterocycles. The van der Waals surface area contributed by atoms with Crippen LogP contribution < -0.4 is 0 Å². The summed E-state index contributed by atoms with van der Waals surface area (Å²) in [7, 11) is 0. The van der Waals surface area contributed by atoms with Gasteiger partial charge in [0.25, 0.3) is 0 Å². The second-order valence-electron chi connectivity index (χ2n) is 8.70. The van der Waals surface area contributed by atoms with Gasteiger partial charge in [0.2, 0.25) is 0 Å². The van der Waals surface area contributed by atoms with Crippen molar-refractivity contribution in [3.63, 3.8) is 0 Å². The van der Waals surface area contributed by atoms with Crippen LogP contribution in [0, 0.1) is 0 Å². The highest BCUT2D eigenvalue weighted by Crippen LogP contribution is 2.34. The summed E-state index contributed by atoms with van der Waals surface area (Å²) in [5, 5.41) is 2.65. The van der Waals surface area contributed by atoms with Gasteiger partial charge < -0.3 is 0 Å². The summed E-state index contributed by atoms with van der Waals surface area (Å²) in [5.74, 6) is 0.555. The van der Waals surface area contributed by atoms with E-state index >= 15 is 0 Å². The minimum atomic E-state index is 0.555. The maximum absolute atomic E-state index is 4.92. The average Bonchev–Trinajstić information content (AvgIpc) is 3.31. The van der Waals surface area contributed by atoms with Gasteiger partial charge in [-0.25, -0.2) is 9.97 Å².